The van der Waals surface area contributed by atoms with Gasteiger partial charge in [0.1, 0.15) is 0 Å². The first-order valence-corrected chi connectivity index (χ1v) is 14.1. The Morgan fingerprint density at radius 2 is 1.60 bits per heavy atom. The van der Waals surface area contributed by atoms with Crippen LogP contribution in [-0.4, -0.2) is 68.5 Å². The first-order chi connectivity index (χ1) is 19.3. The van der Waals surface area contributed by atoms with E-state index < -0.39 is 16.0 Å². The molecule has 12 heteroatoms. The van der Waals surface area contributed by atoms with Crippen molar-refractivity contribution in [3.05, 3.63) is 83.7 Å². The number of nitrogens with one attached hydrogen (secondary N) is 1. The minimum Gasteiger partial charge on any atom is -0.392 e. The number of alkyl halides is 3. The van der Waals surface area contributed by atoms with Crippen molar-refractivity contribution in [2.75, 3.05) is 42.9 Å². The standard InChI is InChI=1S/C28H30Cl3N5O4/c29-28(30,31)26(38)34-22-8-6-21(7-9-22)25-39-23(16-24(40-25)20-4-2-19(18-37)3-5-20)17-35-12-14-36(15-13-35)27-32-10-1-11-33-27/h1-11,23-25,37H,12-18H2,(H,34,38). The highest BCUT2D eigenvalue weighted by Crippen LogP contribution is 2.38. The Labute approximate surface area is 248 Å². The van der Waals surface area contributed by atoms with Gasteiger partial charge in [-0.2, -0.15) is 0 Å². The normalized spacial score (nSPS) is 22.2. The molecule has 0 aliphatic carbocycles. The van der Waals surface area contributed by atoms with Crippen molar-refractivity contribution >= 4 is 52.3 Å². The minimum absolute atomic E-state index is 0.0126. The van der Waals surface area contributed by atoms with E-state index in [4.69, 9.17) is 44.3 Å². The van der Waals surface area contributed by atoms with Gasteiger partial charge in [-0.3, -0.25) is 9.69 Å². The van der Waals surface area contributed by atoms with E-state index in [1.165, 1.54) is 0 Å². The molecule has 2 fully saturated rings. The zero-order valence-corrected chi connectivity index (χ0v) is 23.9. The fraction of sp³-hybridized carbons (Fsp3) is 0.393. The van der Waals surface area contributed by atoms with E-state index in [-0.39, 0.29) is 18.8 Å². The van der Waals surface area contributed by atoms with E-state index in [1.54, 1.807) is 24.5 Å². The predicted octanol–water partition coefficient (Wildman–Crippen LogP) is 4.65. The maximum atomic E-state index is 12.0. The van der Waals surface area contributed by atoms with E-state index in [2.05, 4.69) is 25.1 Å². The van der Waals surface area contributed by atoms with Crippen LogP contribution < -0.4 is 10.2 Å². The van der Waals surface area contributed by atoms with Gasteiger partial charge in [-0.05, 0) is 29.3 Å². The number of amides is 1. The van der Waals surface area contributed by atoms with E-state index in [1.807, 2.05) is 42.5 Å². The van der Waals surface area contributed by atoms with Gasteiger partial charge in [-0.15, -0.1) is 0 Å². The molecule has 3 unspecified atom stereocenters. The first-order valence-electron chi connectivity index (χ1n) is 13.0. The summed E-state index contributed by atoms with van der Waals surface area (Å²) in [5.74, 6) is 0.0187. The highest BCUT2D eigenvalue weighted by Gasteiger charge is 2.34. The number of nitrogens with zero attached hydrogens (tertiary/aromatic N) is 4. The van der Waals surface area contributed by atoms with Crippen LogP contribution in [0.3, 0.4) is 0 Å². The number of hydrogen-bond donors (Lipinski definition) is 2. The second-order valence-corrected chi connectivity index (χ2v) is 12.0. The van der Waals surface area contributed by atoms with Crippen LogP contribution in [0.4, 0.5) is 11.6 Å². The van der Waals surface area contributed by atoms with Gasteiger partial charge in [0.15, 0.2) is 6.29 Å². The zero-order valence-electron chi connectivity index (χ0n) is 21.6. The number of carbonyl (C=O) groups is 1. The highest BCUT2D eigenvalue weighted by molar-refractivity contribution is 6.76. The highest BCUT2D eigenvalue weighted by atomic mass is 35.6. The lowest BCUT2D eigenvalue weighted by atomic mass is 9.99. The molecular weight excluding hydrogens is 577 g/mol. The molecule has 9 nitrogen and oxygen atoms in total. The molecule has 2 aliphatic rings. The number of aliphatic hydroxyl groups is 1. The predicted molar refractivity (Wildman–Crippen MR) is 154 cm³/mol. The van der Waals surface area contributed by atoms with Crippen molar-refractivity contribution in [2.24, 2.45) is 0 Å². The van der Waals surface area contributed by atoms with Gasteiger partial charge in [0.2, 0.25) is 5.95 Å². The summed E-state index contributed by atoms with van der Waals surface area (Å²) in [7, 11) is 0. The maximum absolute atomic E-state index is 12.0. The lowest BCUT2D eigenvalue weighted by Crippen LogP contribution is -2.50. The van der Waals surface area contributed by atoms with E-state index in [9.17, 15) is 9.90 Å². The number of ether oxygens (including phenoxy) is 2. The molecule has 1 amide bonds. The molecule has 212 valence electrons. The van der Waals surface area contributed by atoms with E-state index in [0.717, 1.165) is 55.4 Å². The fourth-order valence-electron chi connectivity index (χ4n) is 4.83. The van der Waals surface area contributed by atoms with Crippen LogP contribution in [0.25, 0.3) is 0 Å². The molecular formula is C28H30Cl3N5O4. The van der Waals surface area contributed by atoms with Crippen molar-refractivity contribution in [2.45, 2.75) is 35.3 Å². The lowest BCUT2D eigenvalue weighted by molar-refractivity contribution is -0.253. The van der Waals surface area contributed by atoms with Crippen molar-refractivity contribution in [1.29, 1.82) is 0 Å². The largest absolute Gasteiger partial charge is 0.392 e. The molecule has 3 aromatic rings. The molecule has 3 heterocycles. The van der Waals surface area contributed by atoms with Crippen molar-refractivity contribution in [3.63, 3.8) is 0 Å². The molecule has 2 N–H and O–H groups in total. The smallest absolute Gasteiger partial charge is 0.276 e. The Morgan fingerprint density at radius 3 is 2.23 bits per heavy atom. The molecule has 40 heavy (non-hydrogen) atoms. The number of piperazine rings is 1. The first kappa shape index (κ1) is 29.0. The molecule has 0 spiro atoms. The van der Waals surface area contributed by atoms with Crippen LogP contribution in [-0.2, 0) is 20.9 Å². The number of anilines is 2. The van der Waals surface area contributed by atoms with Gasteiger partial charge in [-0.1, -0.05) is 71.2 Å². The quantitative estimate of drug-likeness (QED) is 0.375. The molecule has 2 saturated heterocycles. The van der Waals surface area contributed by atoms with Gasteiger partial charge in [0, 0.05) is 62.8 Å². The van der Waals surface area contributed by atoms with Gasteiger partial charge in [-0.25, -0.2) is 9.97 Å². The van der Waals surface area contributed by atoms with Crippen LogP contribution in [0.1, 0.15) is 35.5 Å². The average Bonchev–Trinajstić information content (AvgIpc) is 2.98. The SMILES string of the molecule is O=C(Nc1ccc(C2OC(CN3CCN(c4ncccn4)CC3)CC(c3ccc(CO)cc3)O2)cc1)C(Cl)(Cl)Cl. The third-order valence-corrected chi connectivity index (χ3v) is 7.50. The molecule has 2 aliphatic heterocycles. The fourth-order valence-corrected chi connectivity index (χ4v) is 4.97. The van der Waals surface area contributed by atoms with Crippen molar-refractivity contribution < 1.29 is 19.4 Å². The van der Waals surface area contributed by atoms with Crippen LogP contribution in [0, 0.1) is 0 Å². The molecule has 0 radical (unpaired) electrons. The number of benzene rings is 2. The molecule has 3 atom stereocenters. The second-order valence-electron chi connectivity index (χ2n) is 9.76. The summed E-state index contributed by atoms with van der Waals surface area (Å²) in [6.07, 6.45) is 3.33. The van der Waals surface area contributed by atoms with E-state index in [0.29, 0.717) is 12.1 Å². The maximum Gasteiger partial charge on any atom is 0.276 e. The average molecular weight is 607 g/mol. The number of halogens is 3. The Hall–Kier alpha value is -2.50. The van der Waals surface area contributed by atoms with Crippen molar-refractivity contribution in [3.8, 4) is 0 Å². The molecule has 2 aromatic carbocycles. The van der Waals surface area contributed by atoms with Crippen LogP contribution in [0.5, 0.6) is 0 Å². The molecule has 5 rings (SSSR count). The Bertz CT molecular complexity index is 1250. The monoisotopic (exact) mass is 605 g/mol. The summed E-state index contributed by atoms with van der Waals surface area (Å²) in [5.41, 5.74) is 3.16. The Morgan fingerprint density at radius 1 is 0.950 bits per heavy atom. The summed E-state index contributed by atoms with van der Waals surface area (Å²) < 4.78 is 10.8. The Kier molecular flexibility index (Phi) is 9.42. The summed E-state index contributed by atoms with van der Waals surface area (Å²) in [6, 6.07) is 16.7. The number of hydrogen-bond acceptors (Lipinski definition) is 8. The third kappa shape index (κ3) is 7.41. The summed E-state index contributed by atoms with van der Waals surface area (Å²) >= 11 is 17.0. The summed E-state index contributed by atoms with van der Waals surface area (Å²) in [5, 5.41) is 12.0. The number of carbonyl (C=O) groups excluding carboxylic acids is 1. The second kappa shape index (κ2) is 13.0. The topological polar surface area (TPSA) is 100 Å². The van der Waals surface area contributed by atoms with E-state index >= 15 is 0 Å². The van der Waals surface area contributed by atoms with Gasteiger partial charge >= 0.3 is 0 Å². The number of aromatic nitrogens is 2. The molecule has 0 saturated carbocycles. The molecule has 0 bridgehead atoms. The number of rotatable bonds is 7. The zero-order chi connectivity index (χ0) is 28.1. The molecule has 1 aromatic heterocycles. The van der Waals surface area contributed by atoms with Crippen LogP contribution in [0.2, 0.25) is 0 Å². The van der Waals surface area contributed by atoms with Crippen LogP contribution in [0.15, 0.2) is 67.0 Å². The Balaban J connectivity index is 1.28. The van der Waals surface area contributed by atoms with Gasteiger partial charge in [0.05, 0.1) is 18.8 Å². The summed E-state index contributed by atoms with van der Waals surface area (Å²) in [4.78, 5) is 25.3. The lowest BCUT2D eigenvalue weighted by Gasteiger charge is -2.40. The third-order valence-electron chi connectivity index (χ3n) is 6.98. The van der Waals surface area contributed by atoms with Gasteiger partial charge in [0.25, 0.3) is 9.70 Å². The van der Waals surface area contributed by atoms with Gasteiger partial charge < -0.3 is 24.8 Å². The summed E-state index contributed by atoms with van der Waals surface area (Å²) in [6.45, 7) is 4.16. The number of aliphatic hydroxyl groups excluding tert-OH is 1. The van der Waals surface area contributed by atoms with Crippen molar-refractivity contribution in [1.82, 2.24) is 14.9 Å². The minimum atomic E-state index is -2.06. The van der Waals surface area contributed by atoms with Crippen LogP contribution >= 0.6 is 34.8 Å².